The molecule has 40 heavy (non-hydrogen) atoms. The van der Waals surface area contributed by atoms with Crippen molar-refractivity contribution in [2.24, 2.45) is 105 Å². The van der Waals surface area contributed by atoms with Crippen LogP contribution >= 0.6 is 0 Å². The summed E-state index contributed by atoms with van der Waals surface area (Å²) in [6, 6.07) is 0. The van der Waals surface area contributed by atoms with Crippen LogP contribution in [0.15, 0.2) is 0 Å². The molecule has 8 saturated carbocycles. The average molecular weight is 547 g/mol. The Kier molecular flexibility index (Phi) is 3.80. The van der Waals surface area contributed by atoms with Gasteiger partial charge in [0, 0.05) is 0 Å². The second-order valence-corrected chi connectivity index (χ2v) is 21.0. The van der Waals surface area contributed by atoms with Gasteiger partial charge in [-0.05, 0) is 112 Å². The van der Waals surface area contributed by atoms with Gasteiger partial charge in [0.25, 0.3) is 0 Å². The maximum Gasteiger partial charge on any atom is -0.0131 e. The van der Waals surface area contributed by atoms with Crippen molar-refractivity contribution >= 4 is 0 Å². The van der Waals surface area contributed by atoms with E-state index in [1.54, 1.807) is 0 Å². The molecule has 18 unspecified atom stereocenters. The van der Waals surface area contributed by atoms with Crippen LogP contribution in [0, 0.1) is 105 Å². The molecule has 0 nitrogen and oxygen atoms in total. The Morgan fingerprint density at radius 1 is 0.550 bits per heavy atom. The highest BCUT2D eigenvalue weighted by molar-refractivity contribution is 5.62. The van der Waals surface area contributed by atoms with Crippen molar-refractivity contribution in [3.05, 3.63) is 0 Å². The van der Waals surface area contributed by atoms with Crippen LogP contribution in [0.5, 0.6) is 0 Å². The Labute approximate surface area is 249 Å². The first-order chi connectivity index (χ1) is 17.8. The molecule has 0 radical (unpaired) electrons. The summed E-state index contributed by atoms with van der Waals surface area (Å²) < 4.78 is 0. The predicted molar refractivity (Wildman–Crippen MR) is 169 cm³/mol. The van der Waals surface area contributed by atoms with Gasteiger partial charge in [0.2, 0.25) is 0 Å². The van der Waals surface area contributed by atoms with E-state index in [4.69, 9.17) is 0 Å². The Hall–Kier alpha value is 0. The maximum absolute atomic E-state index is 2.93. The van der Waals surface area contributed by atoms with E-state index in [2.05, 4.69) is 132 Å². The van der Waals surface area contributed by atoms with Gasteiger partial charge in [0.1, 0.15) is 0 Å². The first-order valence-corrected chi connectivity index (χ1v) is 17.8. The molecule has 226 valence electrons. The molecule has 8 rings (SSSR count). The van der Waals surface area contributed by atoms with E-state index in [0.29, 0.717) is 70.9 Å². The maximum atomic E-state index is 2.93. The van der Waals surface area contributed by atoms with Gasteiger partial charge >= 0.3 is 0 Å². The third kappa shape index (κ3) is 1.24. The Morgan fingerprint density at radius 2 is 0.975 bits per heavy atom. The van der Waals surface area contributed by atoms with Gasteiger partial charge in [-0.15, -0.1) is 0 Å². The summed E-state index contributed by atoms with van der Waals surface area (Å²) in [7, 11) is 0. The van der Waals surface area contributed by atoms with Crippen LogP contribution in [0.1, 0.15) is 144 Å². The number of hydrogen-bond acceptors (Lipinski definition) is 0. The van der Waals surface area contributed by atoms with E-state index in [9.17, 15) is 0 Å². The number of fused-ring (bicyclic) bond motifs is 7. The first kappa shape index (κ1) is 27.5. The van der Waals surface area contributed by atoms with Crippen molar-refractivity contribution < 1.29 is 0 Å². The van der Waals surface area contributed by atoms with Crippen LogP contribution in [0.25, 0.3) is 0 Å². The molecule has 0 aromatic rings. The molecule has 0 saturated heterocycles. The number of hydrogen-bond donors (Lipinski definition) is 0. The molecule has 8 aliphatic carbocycles. The minimum absolute atomic E-state index is 0.271. The Morgan fingerprint density at radius 3 is 1.43 bits per heavy atom. The second kappa shape index (κ2) is 5.52. The van der Waals surface area contributed by atoms with E-state index >= 15 is 0 Å². The lowest BCUT2D eigenvalue weighted by Crippen LogP contribution is -2.99. The van der Waals surface area contributed by atoms with Crippen LogP contribution in [-0.4, -0.2) is 0 Å². The summed E-state index contributed by atoms with van der Waals surface area (Å²) in [6.07, 6.45) is 2.81. The van der Waals surface area contributed by atoms with Crippen molar-refractivity contribution in [1.82, 2.24) is 0 Å². The van der Waals surface area contributed by atoms with Gasteiger partial charge in [-0.3, -0.25) is 0 Å². The zero-order valence-electron chi connectivity index (χ0n) is 30.3. The summed E-state index contributed by atoms with van der Waals surface area (Å²) in [5.41, 5.74) is 4.65. The molecule has 0 aliphatic heterocycles. The molecule has 8 aliphatic rings. The summed E-state index contributed by atoms with van der Waals surface area (Å²) >= 11 is 0. The summed E-state index contributed by atoms with van der Waals surface area (Å²) in [5, 5.41) is 0. The van der Waals surface area contributed by atoms with E-state index in [-0.39, 0.29) is 10.8 Å². The Balaban J connectivity index is 1.66. The first-order valence-electron chi connectivity index (χ1n) is 17.8. The van der Waals surface area contributed by atoms with E-state index in [0.717, 1.165) is 23.7 Å². The monoisotopic (exact) mass is 547 g/mol. The summed E-state index contributed by atoms with van der Waals surface area (Å²) in [4.78, 5) is 0. The van der Waals surface area contributed by atoms with Gasteiger partial charge in [-0.25, -0.2) is 0 Å². The molecule has 4 bridgehead atoms. The average Bonchev–Trinajstić information content (AvgIpc) is 3.20. The second-order valence-electron chi connectivity index (χ2n) is 21.0. The molecular weight excluding hydrogens is 480 g/mol. The van der Waals surface area contributed by atoms with E-state index < -0.39 is 0 Å². The lowest BCUT2D eigenvalue weighted by molar-refractivity contribution is -0.568. The van der Waals surface area contributed by atoms with E-state index in [1.165, 1.54) is 12.8 Å². The largest absolute Gasteiger partial charge is 0.0651 e. The highest BCUT2D eigenvalue weighted by Crippen LogP contribution is 3.20. The van der Waals surface area contributed by atoms with Crippen LogP contribution in [0.2, 0.25) is 0 Å². The van der Waals surface area contributed by atoms with Crippen molar-refractivity contribution in [2.45, 2.75) is 144 Å². The molecule has 18 atom stereocenters. The van der Waals surface area contributed by atoms with Crippen LogP contribution in [-0.2, 0) is 0 Å². The van der Waals surface area contributed by atoms with Crippen molar-refractivity contribution in [2.75, 3.05) is 0 Å². The quantitative estimate of drug-likeness (QED) is 0.323. The third-order valence-corrected chi connectivity index (χ3v) is 25.1. The zero-order chi connectivity index (χ0) is 30.3. The smallest absolute Gasteiger partial charge is 0.0131 e. The molecule has 0 amide bonds. The fourth-order valence-corrected chi connectivity index (χ4v) is 23.5. The fraction of sp³-hybridized carbons (Fsp3) is 1.00. The van der Waals surface area contributed by atoms with Crippen molar-refractivity contribution in [3.8, 4) is 0 Å². The zero-order valence-corrected chi connectivity index (χ0v) is 30.3. The van der Waals surface area contributed by atoms with Gasteiger partial charge in [0.05, 0.1) is 0 Å². The molecule has 0 heterocycles. The minimum Gasteiger partial charge on any atom is -0.0651 e. The predicted octanol–water partition coefficient (Wildman–Crippen LogP) is 11.1. The van der Waals surface area contributed by atoms with Gasteiger partial charge in [0.15, 0.2) is 0 Å². The SMILES string of the molecule is CCC1C2C(C)C3(C)C1(C)C1(C)C3(C)C3(C)C(C)(C(C)C)C4(C)C5(C)C6(C)CC2(C)C(C)C6(C)C5(C)C4(C)C13C. The van der Waals surface area contributed by atoms with E-state index in [1.807, 2.05) is 0 Å². The standard InChI is InChI=1S/C40H66/c1-20-25-26-23(4)30(9)32(25,11)38(17)36(30,15)35(14)29(8,22(2)3)34(13)33(12)28(7)21-27(26,6)24(5)31(28,10)37(33,16)39(34,18)40(35,38)19/h22-26H,20-21H2,1-19H3. The topological polar surface area (TPSA) is 0 Å². The van der Waals surface area contributed by atoms with Crippen molar-refractivity contribution in [1.29, 1.82) is 0 Å². The normalized spacial score (nSPS) is 81.0. The van der Waals surface area contributed by atoms with Crippen LogP contribution < -0.4 is 0 Å². The summed E-state index contributed by atoms with van der Waals surface area (Å²) in [6.45, 7) is 53.9. The highest BCUT2D eigenvalue weighted by atomic mass is 15.2. The lowest BCUT2D eigenvalue weighted by Gasteiger charge is -3.03. The van der Waals surface area contributed by atoms with Crippen LogP contribution in [0.4, 0.5) is 0 Å². The van der Waals surface area contributed by atoms with Gasteiger partial charge in [-0.2, -0.15) is 0 Å². The Bertz CT molecular complexity index is 1340. The molecule has 0 N–H and O–H groups in total. The molecule has 8 fully saturated rings. The van der Waals surface area contributed by atoms with Crippen LogP contribution in [0.3, 0.4) is 0 Å². The van der Waals surface area contributed by atoms with Crippen molar-refractivity contribution in [3.63, 3.8) is 0 Å². The fourth-order valence-electron chi connectivity index (χ4n) is 23.5. The summed E-state index contributed by atoms with van der Waals surface area (Å²) in [5.74, 6) is 3.82. The minimum atomic E-state index is 0.271. The molecule has 0 aromatic carbocycles. The highest BCUT2D eigenvalue weighted by Gasteiger charge is 3.16. The molecular formula is C40H66. The van der Waals surface area contributed by atoms with Gasteiger partial charge in [-0.1, -0.05) is 138 Å². The van der Waals surface area contributed by atoms with Gasteiger partial charge < -0.3 is 0 Å². The molecule has 0 spiro atoms. The lowest BCUT2D eigenvalue weighted by atomic mass is 9.00. The number of rotatable bonds is 2. The molecule has 0 aromatic heterocycles. The third-order valence-electron chi connectivity index (χ3n) is 25.1. The molecule has 0 heteroatoms.